The van der Waals surface area contributed by atoms with Crippen LogP contribution in [-0.4, -0.2) is 44.2 Å². The Kier molecular flexibility index (Phi) is 8.89. The number of rotatable bonds is 6. The molecule has 2 N–H and O–H groups in total. The van der Waals surface area contributed by atoms with E-state index in [9.17, 15) is 4.39 Å². The molecule has 0 spiro atoms. The Balaban J connectivity index is 0.00000289. The van der Waals surface area contributed by atoms with Crippen LogP contribution in [0, 0.1) is 12.7 Å². The van der Waals surface area contributed by atoms with Crippen molar-refractivity contribution in [1.29, 1.82) is 0 Å². The van der Waals surface area contributed by atoms with E-state index in [4.69, 9.17) is 9.15 Å². The highest BCUT2D eigenvalue weighted by Gasteiger charge is 2.14. The van der Waals surface area contributed by atoms with Gasteiger partial charge in [-0.2, -0.15) is 0 Å². The minimum Gasteiger partial charge on any atom is -0.459 e. The van der Waals surface area contributed by atoms with Crippen LogP contribution >= 0.6 is 24.0 Å². The number of halogens is 2. The summed E-state index contributed by atoms with van der Waals surface area (Å²) >= 11 is 0. The first kappa shape index (κ1) is 24.5. The summed E-state index contributed by atoms with van der Waals surface area (Å²) < 4.78 is 24.9. The van der Waals surface area contributed by atoms with Crippen molar-refractivity contribution in [2.24, 2.45) is 4.99 Å². The zero-order valence-electron chi connectivity index (χ0n) is 18.5. The molecule has 1 saturated heterocycles. The van der Waals surface area contributed by atoms with E-state index >= 15 is 0 Å². The molecule has 0 unspecified atom stereocenters. The van der Waals surface area contributed by atoms with Crippen molar-refractivity contribution in [3.8, 4) is 0 Å². The third-order valence-corrected chi connectivity index (χ3v) is 5.70. The van der Waals surface area contributed by atoms with Gasteiger partial charge >= 0.3 is 0 Å². The lowest BCUT2D eigenvalue weighted by Gasteiger charge is -2.27. The van der Waals surface area contributed by atoms with E-state index < -0.39 is 0 Å². The maximum absolute atomic E-state index is 13.5. The van der Waals surface area contributed by atoms with Crippen LogP contribution in [0.25, 0.3) is 11.0 Å². The predicted molar refractivity (Wildman–Crippen MR) is 136 cm³/mol. The molecule has 0 atom stereocenters. The van der Waals surface area contributed by atoms with Crippen LogP contribution in [0.5, 0.6) is 0 Å². The summed E-state index contributed by atoms with van der Waals surface area (Å²) in [7, 11) is 1.75. The lowest BCUT2D eigenvalue weighted by molar-refractivity contribution is 0.0341. The molecule has 8 heteroatoms. The molecule has 0 amide bonds. The molecule has 1 aliphatic rings. The van der Waals surface area contributed by atoms with Gasteiger partial charge in [0.25, 0.3) is 0 Å². The minimum atomic E-state index is -0.260. The molecule has 3 aromatic rings. The Morgan fingerprint density at radius 3 is 2.53 bits per heavy atom. The van der Waals surface area contributed by atoms with Crippen LogP contribution in [0.2, 0.25) is 0 Å². The molecule has 172 valence electrons. The highest BCUT2D eigenvalue weighted by atomic mass is 127. The van der Waals surface area contributed by atoms with Crippen molar-refractivity contribution in [1.82, 2.24) is 15.5 Å². The smallest absolute Gasteiger partial charge is 0.191 e. The van der Waals surface area contributed by atoms with Crippen molar-refractivity contribution in [3.05, 3.63) is 70.7 Å². The van der Waals surface area contributed by atoms with Crippen LogP contribution in [0.15, 0.2) is 51.9 Å². The molecular formula is C24H30FIN4O2. The first-order chi connectivity index (χ1) is 15.1. The maximum atomic E-state index is 13.5. The van der Waals surface area contributed by atoms with Crippen molar-refractivity contribution in [3.63, 3.8) is 0 Å². The normalized spacial score (nSPS) is 14.9. The first-order valence-corrected chi connectivity index (χ1v) is 10.6. The number of hydrogen-bond acceptors (Lipinski definition) is 4. The largest absolute Gasteiger partial charge is 0.459 e. The Morgan fingerprint density at radius 1 is 1.06 bits per heavy atom. The van der Waals surface area contributed by atoms with Crippen molar-refractivity contribution in [2.75, 3.05) is 33.4 Å². The average molecular weight is 552 g/mol. The van der Waals surface area contributed by atoms with E-state index in [0.717, 1.165) is 49.6 Å². The van der Waals surface area contributed by atoms with Crippen LogP contribution in [0.1, 0.15) is 22.5 Å². The van der Waals surface area contributed by atoms with E-state index in [1.165, 1.54) is 23.3 Å². The van der Waals surface area contributed by atoms with Crippen LogP contribution in [0.4, 0.5) is 4.39 Å². The number of fused-ring (bicyclic) bond motifs is 1. The van der Waals surface area contributed by atoms with Gasteiger partial charge < -0.3 is 19.8 Å². The lowest BCUT2D eigenvalue weighted by atomic mass is 10.1. The fraction of sp³-hybridized carbons (Fsp3) is 0.375. The standard InChI is InChI=1S/C24H29FN4O2.HI/c1-17-21-13-20(25)7-8-22(21)31-23(17)15-28-24(26-2)27-14-18-5-3-4-6-19(18)16-29-9-11-30-12-10-29;/h3-8,13H,9-12,14-16H2,1-2H3,(H2,26,27,28);1H. The highest BCUT2D eigenvalue weighted by molar-refractivity contribution is 14.0. The van der Waals surface area contributed by atoms with Gasteiger partial charge in [0.1, 0.15) is 17.2 Å². The summed E-state index contributed by atoms with van der Waals surface area (Å²) in [6.07, 6.45) is 0. The third-order valence-electron chi connectivity index (χ3n) is 5.70. The van der Waals surface area contributed by atoms with Gasteiger partial charge in [0.05, 0.1) is 19.8 Å². The summed E-state index contributed by atoms with van der Waals surface area (Å²) in [5.74, 6) is 1.20. The number of benzene rings is 2. The van der Waals surface area contributed by atoms with E-state index in [1.54, 1.807) is 13.1 Å². The lowest BCUT2D eigenvalue weighted by Crippen LogP contribution is -2.37. The quantitative estimate of drug-likeness (QED) is 0.273. The summed E-state index contributed by atoms with van der Waals surface area (Å²) in [4.78, 5) is 6.75. The summed E-state index contributed by atoms with van der Waals surface area (Å²) in [5.41, 5.74) is 4.18. The molecule has 2 heterocycles. The molecule has 0 bridgehead atoms. The predicted octanol–water partition coefficient (Wildman–Crippen LogP) is 4.20. The van der Waals surface area contributed by atoms with E-state index in [2.05, 4.69) is 44.8 Å². The Morgan fingerprint density at radius 2 is 1.78 bits per heavy atom. The molecule has 0 saturated carbocycles. The van der Waals surface area contributed by atoms with E-state index in [0.29, 0.717) is 24.6 Å². The van der Waals surface area contributed by atoms with Crippen molar-refractivity contribution in [2.45, 2.75) is 26.6 Å². The van der Waals surface area contributed by atoms with Crippen LogP contribution in [-0.2, 0) is 24.4 Å². The van der Waals surface area contributed by atoms with Gasteiger partial charge in [-0.15, -0.1) is 24.0 Å². The number of hydrogen-bond donors (Lipinski definition) is 2. The summed E-state index contributed by atoms with van der Waals surface area (Å²) in [5, 5.41) is 7.49. The van der Waals surface area contributed by atoms with Crippen LogP contribution < -0.4 is 10.6 Å². The molecule has 32 heavy (non-hydrogen) atoms. The van der Waals surface area contributed by atoms with Gasteiger partial charge in [0.2, 0.25) is 0 Å². The minimum absolute atomic E-state index is 0. The number of ether oxygens (including phenoxy) is 1. The van der Waals surface area contributed by atoms with Gasteiger partial charge in [-0.25, -0.2) is 4.39 Å². The van der Waals surface area contributed by atoms with Crippen molar-refractivity contribution >= 4 is 40.9 Å². The average Bonchev–Trinajstić information content (AvgIpc) is 3.10. The fourth-order valence-corrected chi connectivity index (χ4v) is 3.86. The molecule has 6 nitrogen and oxygen atoms in total. The molecule has 0 radical (unpaired) electrons. The second-order valence-corrected chi connectivity index (χ2v) is 7.73. The summed E-state index contributed by atoms with van der Waals surface area (Å²) in [6.45, 7) is 7.53. The number of aliphatic imine (C=N–C) groups is 1. The Bertz CT molecular complexity index is 1060. The zero-order chi connectivity index (χ0) is 21.6. The van der Waals surface area contributed by atoms with Crippen LogP contribution in [0.3, 0.4) is 0 Å². The first-order valence-electron chi connectivity index (χ1n) is 10.6. The molecule has 1 aromatic heterocycles. The van der Waals surface area contributed by atoms with Gasteiger partial charge in [-0.05, 0) is 36.2 Å². The molecule has 2 aromatic carbocycles. The third kappa shape index (κ3) is 5.99. The van der Waals surface area contributed by atoms with E-state index in [-0.39, 0.29) is 29.8 Å². The zero-order valence-corrected chi connectivity index (χ0v) is 20.8. The topological polar surface area (TPSA) is 62.0 Å². The number of guanidine groups is 1. The molecule has 0 aliphatic carbocycles. The number of nitrogens with zero attached hydrogens (tertiary/aromatic N) is 2. The second kappa shape index (κ2) is 11.6. The SMILES string of the molecule is CN=C(NCc1ccccc1CN1CCOCC1)NCc1oc2ccc(F)cc2c1C.I. The van der Waals surface area contributed by atoms with Gasteiger partial charge in [-0.3, -0.25) is 9.89 Å². The second-order valence-electron chi connectivity index (χ2n) is 7.73. The van der Waals surface area contributed by atoms with Crippen molar-refractivity contribution < 1.29 is 13.5 Å². The monoisotopic (exact) mass is 552 g/mol. The highest BCUT2D eigenvalue weighted by Crippen LogP contribution is 2.25. The number of aryl methyl sites for hydroxylation is 1. The maximum Gasteiger partial charge on any atom is 0.191 e. The Labute approximate surface area is 205 Å². The Hall–Kier alpha value is -2.17. The molecular weight excluding hydrogens is 522 g/mol. The molecule has 4 rings (SSSR count). The number of furan rings is 1. The van der Waals surface area contributed by atoms with Gasteiger partial charge in [0.15, 0.2) is 5.96 Å². The molecule has 1 aliphatic heterocycles. The number of nitrogens with one attached hydrogen (secondary N) is 2. The van der Waals surface area contributed by atoms with E-state index in [1.807, 2.05) is 6.92 Å². The number of morpholine rings is 1. The summed E-state index contributed by atoms with van der Waals surface area (Å²) in [6, 6.07) is 13.1. The van der Waals surface area contributed by atoms with Gasteiger partial charge in [-0.1, -0.05) is 24.3 Å². The molecule has 1 fully saturated rings. The van der Waals surface area contributed by atoms with Gasteiger partial charge in [0, 0.05) is 44.2 Å². The fourth-order valence-electron chi connectivity index (χ4n) is 3.86.